The van der Waals surface area contributed by atoms with Gasteiger partial charge in [0.1, 0.15) is 11.1 Å². The highest BCUT2D eigenvalue weighted by atomic mass is 16.2. The molecule has 0 saturated carbocycles. The van der Waals surface area contributed by atoms with E-state index in [4.69, 9.17) is 0 Å². The van der Waals surface area contributed by atoms with Crippen LogP contribution in [-0.4, -0.2) is 76.5 Å². The van der Waals surface area contributed by atoms with E-state index in [1.165, 1.54) is 0 Å². The molecule has 5 saturated heterocycles. The Balaban J connectivity index is 1.15. The molecule has 288 valence electrons. The summed E-state index contributed by atoms with van der Waals surface area (Å²) in [6, 6.07) is 32.2. The summed E-state index contributed by atoms with van der Waals surface area (Å²) in [7, 11) is 0. The summed E-state index contributed by atoms with van der Waals surface area (Å²) in [6.45, 7) is 5.66. The van der Waals surface area contributed by atoms with Crippen molar-refractivity contribution in [2.45, 2.75) is 75.0 Å². The number of carbonyl (C=O) groups is 4. The highest BCUT2D eigenvalue weighted by molar-refractivity contribution is 6.17. The standard InChI is InChI=1S/C48H47N5O4/c1-29-15-19-31(20-16-29)25-33-27-51(43(55)37-26-34-9-7-23-52(34)47(37)35-10-3-5-12-38(35)49-44(47)56)28-46(42(33)54)41(32-21-17-30(2)18-22-32)40-14-8-24-53(40)48(46)36-11-4-6-13-39(36)50-45(48)57/h3-6,10-13,15-22,25,34,37,40-41H,7-9,14,23-24,26-28H2,1-2H3,(H,49,56)(H,50,57)/b33-25+/t34-,37-,40-,41-,46-,47+,48?/m1/s1. The Labute approximate surface area is 333 Å². The van der Waals surface area contributed by atoms with Gasteiger partial charge in [-0.05, 0) is 88.4 Å². The maximum Gasteiger partial charge on any atom is 0.250 e. The zero-order valence-corrected chi connectivity index (χ0v) is 32.5. The summed E-state index contributed by atoms with van der Waals surface area (Å²) in [5, 5.41) is 6.43. The van der Waals surface area contributed by atoms with Gasteiger partial charge in [0.15, 0.2) is 5.78 Å². The average Bonchev–Trinajstić information content (AvgIpc) is 4.06. The molecule has 0 radical (unpaired) electrons. The molecule has 4 aromatic carbocycles. The molecule has 11 rings (SSSR count). The third-order valence-corrected chi connectivity index (χ3v) is 14.9. The monoisotopic (exact) mass is 757 g/mol. The largest absolute Gasteiger partial charge is 0.337 e. The van der Waals surface area contributed by atoms with E-state index in [0.29, 0.717) is 24.2 Å². The molecule has 3 spiro atoms. The number of piperidine rings is 1. The molecule has 7 atom stereocenters. The summed E-state index contributed by atoms with van der Waals surface area (Å²) >= 11 is 0. The molecule has 0 bridgehead atoms. The zero-order chi connectivity index (χ0) is 38.8. The SMILES string of the molecule is Cc1ccc(/C=C2\CN(C(=O)[C@H]3C[C@H]4CCCN4[C@]34C(=O)Nc3ccccc34)C[C@]3(C2=O)[C@H](c2ccc(C)cc2)[C@H]2CCCN2C32C(=O)Nc3ccccc32)cc1. The lowest BCUT2D eigenvalue weighted by Crippen LogP contribution is -2.67. The van der Waals surface area contributed by atoms with Crippen LogP contribution in [0.15, 0.2) is 103 Å². The van der Waals surface area contributed by atoms with Crippen molar-refractivity contribution in [1.29, 1.82) is 0 Å². The lowest BCUT2D eigenvalue weighted by Gasteiger charge is -2.52. The third-order valence-electron chi connectivity index (χ3n) is 14.9. The fourth-order valence-corrected chi connectivity index (χ4v) is 12.8. The predicted molar refractivity (Wildman–Crippen MR) is 218 cm³/mol. The van der Waals surface area contributed by atoms with Crippen LogP contribution in [0.4, 0.5) is 11.4 Å². The van der Waals surface area contributed by atoms with Crippen LogP contribution >= 0.6 is 0 Å². The van der Waals surface area contributed by atoms with E-state index in [9.17, 15) is 4.79 Å². The molecule has 2 N–H and O–H groups in total. The number of aryl methyl sites for hydroxylation is 2. The van der Waals surface area contributed by atoms with Crippen LogP contribution in [-0.2, 0) is 30.3 Å². The quantitative estimate of drug-likeness (QED) is 0.231. The van der Waals surface area contributed by atoms with Gasteiger partial charge >= 0.3 is 0 Å². The van der Waals surface area contributed by atoms with E-state index < -0.39 is 28.3 Å². The molecule has 9 heteroatoms. The first-order chi connectivity index (χ1) is 27.7. The molecule has 1 unspecified atom stereocenters. The van der Waals surface area contributed by atoms with Gasteiger partial charge in [-0.3, -0.25) is 29.0 Å². The van der Waals surface area contributed by atoms with Crippen molar-refractivity contribution >= 4 is 41.0 Å². The zero-order valence-electron chi connectivity index (χ0n) is 32.5. The van der Waals surface area contributed by atoms with Crippen LogP contribution in [0.25, 0.3) is 6.08 Å². The van der Waals surface area contributed by atoms with Crippen LogP contribution in [0, 0.1) is 25.2 Å². The van der Waals surface area contributed by atoms with E-state index in [1.807, 2.05) is 90.7 Å². The molecular weight excluding hydrogens is 711 g/mol. The Morgan fingerprint density at radius 2 is 1.37 bits per heavy atom. The molecule has 7 aliphatic heterocycles. The van der Waals surface area contributed by atoms with Crippen molar-refractivity contribution in [3.05, 3.63) is 136 Å². The average molecular weight is 758 g/mol. The molecule has 7 heterocycles. The first-order valence-corrected chi connectivity index (χ1v) is 20.7. The Bertz CT molecular complexity index is 2430. The molecule has 4 aromatic rings. The van der Waals surface area contributed by atoms with Crippen molar-refractivity contribution in [2.75, 3.05) is 36.8 Å². The number of rotatable bonds is 3. The number of para-hydroxylation sites is 2. The van der Waals surface area contributed by atoms with Crippen molar-refractivity contribution < 1.29 is 19.2 Å². The van der Waals surface area contributed by atoms with Crippen LogP contribution in [0.1, 0.15) is 71.4 Å². The van der Waals surface area contributed by atoms with Crippen molar-refractivity contribution in [3.63, 3.8) is 0 Å². The van der Waals surface area contributed by atoms with Gasteiger partial charge in [0.2, 0.25) is 11.8 Å². The number of anilines is 2. The normalized spacial score (nSPS) is 33.3. The summed E-state index contributed by atoms with van der Waals surface area (Å²) in [4.78, 5) is 68.6. The lowest BCUT2D eigenvalue weighted by atomic mass is 9.54. The number of amides is 3. The fourth-order valence-electron chi connectivity index (χ4n) is 12.8. The first-order valence-electron chi connectivity index (χ1n) is 20.7. The second-order valence-electron chi connectivity index (χ2n) is 17.6. The number of hydrogen-bond donors (Lipinski definition) is 2. The number of nitrogens with one attached hydrogen (secondary N) is 2. The minimum atomic E-state index is -1.38. The Kier molecular flexibility index (Phi) is 7.52. The van der Waals surface area contributed by atoms with Gasteiger partial charge < -0.3 is 15.5 Å². The number of benzene rings is 4. The second kappa shape index (κ2) is 12.3. The second-order valence-corrected chi connectivity index (χ2v) is 17.6. The Morgan fingerprint density at radius 3 is 2.12 bits per heavy atom. The third kappa shape index (κ3) is 4.42. The molecule has 9 nitrogen and oxygen atoms in total. The lowest BCUT2D eigenvalue weighted by molar-refractivity contribution is -0.155. The highest BCUT2D eigenvalue weighted by Crippen LogP contribution is 2.69. The van der Waals surface area contributed by atoms with Crippen molar-refractivity contribution in [2.24, 2.45) is 11.3 Å². The topological polar surface area (TPSA) is 102 Å². The van der Waals surface area contributed by atoms with E-state index in [-0.39, 0.29) is 48.7 Å². The minimum Gasteiger partial charge on any atom is -0.337 e. The minimum absolute atomic E-state index is 0.0592. The number of carbonyl (C=O) groups excluding carboxylic acids is 4. The maximum absolute atomic E-state index is 16.2. The van der Waals surface area contributed by atoms with Gasteiger partial charge in [-0.25, -0.2) is 0 Å². The number of Topliss-reactive ketones (excluding diaryl/α,β-unsaturated/α-hetero) is 1. The van der Waals surface area contributed by atoms with Crippen LogP contribution in [0.5, 0.6) is 0 Å². The van der Waals surface area contributed by atoms with Crippen molar-refractivity contribution in [1.82, 2.24) is 14.7 Å². The molecule has 0 aromatic heterocycles. The Hall–Kier alpha value is -5.38. The fraction of sp³-hybridized carbons (Fsp3) is 0.375. The van der Waals surface area contributed by atoms with Gasteiger partial charge in [-0.2, -0.15) is 0 Å². The summed E-state index contributed by atoms with van der Waals surface area (Å²) in [6.07, 6.45) is 6.13. The first kappa shape index (κ1) is 34.8. The van der Waals surface area contributed by atoms with E-state index in [2.05, 4.69) is 51.6 Å². The molecule has 57 heavy (non-hydrogen) atoms. The molecular formula is C48H47N5O4. The summed E-state index contributed by atoms with van der Waals surface area (Å²) in [5.74, 6) is -1.62. The number of ketones is 1. The van der Waals surface area contributed by atoms with Crippen LogP contribution < -0.4 is 10.6 Å². The highest BCUT2D eigenvalue weighted by Gasteiger charge is 2.79. The van der Waals surface area contributed by atoms with Gasteiger partial charge in [0.25, 0.3) is 5.91 Å². The number of hydrogen-bond acceptors (Lipinski definition) is 6. The maximum atomic E-state index is 16.2. The van der Waals surface area contributed by atoms with Gasteiger partial charge in [-0.1, -0.05) is 96.1 Å². The van der Waals surface area contributed by atoms with E-state index in [1.54, 1.807) is 0 Å². The van der Waals surface area contributed by atoms with Gasteiger partial charge in [-0.15, -0.1) is 0 Å². The summed E-state index contributed by atoms with van der Waals surface area (Å²) in [5.41, 5.74) is 3.84. The van der Waals surface area contributed by atoms with Gasteiger partial charge in [0, 0.05) is 59.2 Å². The molecule has 7 aliphatic rings. The smallest absolute Gasteiger partial charge is 0.250 e. The predicted octanol–water partition coefficient (Wildman–Crippen LogP) is 6.53. The summed E-state index contributed by atoms with van der Waals surface area (Å²) < 4.78 is 0. The molecule has 5 fully saturated rings. The molecule has 0 aliphatic carbocycles. The Morgan fingerprint density at radius 1 is 0.737 bits per heavy atom. The number of nitrogens with zero attached hydrogens (tertiary/aromatic N) is 3. The van der Waals surface area contributed by atoms with E-state index in [0.717, 1.165) is 71.3 Å². The van der Waals surface area contributed by atoms with Crippen LogP contribution in [0.2, 0.25) is 0 Å². The number of likely N-dealkylation sites (tertiary alicyclic amines) is 1. The van der Waals surface area contributed by atoms with Gasteiger partial charge in [0.05, 0.1) is 11.3 Å². The number of fused-ring (bicyclic) bond motifs is 9. The molecule has 3 amide bonds. The van der Waals surface area contributed by atoms with Crippen LogP contribution in [0.3, 0.4) is 0 Å². The van der Waals surface area contributed by atoms with Crippen molar-refractivity contribution in [3.8, 4) is 0 Å². The van der Waals surface area contributed by atoms with E-state index >= 15 is 14.4 Å².